The Labute approximate surface area is 222 Å². The third-order valence-corrected chi connectivity index (χ3v) is 9.58. The zero-order valence-electron chi connectivity index (χ0n) is 21.0. The van der Waals surface area contributed by atoms with Crippen LogP contribution in [0.15, 0.2) is 53.4 Å². The lowest BCUT2D eigenvalue weighted by molar-refractivity contribution is -0.115. The predicted molar refractivity (Wildman–Crippen MR) is 146 cm³/mol. The van der Waals surface area contributed by atoms with Crippen LogP contribution in [0.25, 0.3) is 0 Å². The van der Waals surface area contributed by atoms with E-state index in [9.17, 15) is 13.2 Å². The maximum Gasteiger partial charge on any atom is 0.230 e. The quantitative estimate of drug-likeness (QED) is 0.361. The predicted octanol–water partition coefficient (Wildman–Crippen LogP) is 5.92. The van der Waals surface area contributed by atoms with E-state index >= 15 is 0 Å². The molecule has 4 rings (SSSR count). The van der Waals surface area contributed by atoms with Crippen LogP contribution in [0.2, 0.25) is 5.02 Å². The number of nitrogens with one attached hydrogen (secondary N) is 1. The summed E-state index contributed by atoms with van der Waals surface area (Å²) in [5.41, 5.74) is 3.07. The normalized spacial score (nSPS) is 16.8. The second-order valence-corrected chi connectivity index (χ2v) is 13.4. The van der Waals surface area contributed by atoms with Crippen LogP contribution in [0, 0.1) is 5.92 Å². The monoisotopic (exact) mass is 545 g/mol. The van der Waals surface area contributed by atoms with E-state index in [-0.39, 0.29) is 29.0 Å². The highest BCUT2D eigenvalue weighted by Crippen LogP contribution is 2.43. The molecule has 1 unspecified atom stereocenters. The number of fused-ring (bicyclic) bond motifs is 1. The first-order chi connectivity index (χ1) is 17.1. The van der Waals surface area contributed by atoms with Gasteiger partial charge in [0.25, 0.3) is 0 Å². The molecule has 0 radical (unpaired) electrons. The molecular weight excluding hydrogens is 514 g/mol. The van der Waals surface area contributed by atoms with Gasteiger partial charge in [0.05, 0.1) is 28.8 Å². The molecule has 0 saturated heterocycles. The number of hydrogen-bond acceptors (Lipinski definition) is 6. The molecule has 2 heterocycles. The molecular formula is C27H32ClN3O3S2. The summed E-state index contributed by atoms with van der Waals surface area (Å²) in [6, 6.07) is 15.1. The molecule has 0 bridgehead atoms. The summed E-state index contributed by atoms with van der Waals surface area (Å²) in [6.45, 7) is 9.10. The van der Waals surface area contributed by atoms with Crippen molar-refractivity contribution >= 4 is 43.8 Å². The van der Waals surface area contributed by atoms with Crippen LogP contribution in [0.3, 0.4) is 0 Å². The van der Waals surface area contributed by atoms with Gasteiger partial charge in [-0.2, -0.15) is 0 Å². The van der Waals surface area contributed by atoms with Gasteiger partial charge >= 0.3 is 0 Å². The Morgan fingerprint density at radius 3 is 2.36 bits per heavy atom. The number of carbonyl (C=O) groups is 1. The van der Waals surface area contributed by atoms with Crippen LogP contribution < -0.4 is 5.32 Å². The second-order valence-electron chi connectivity index (χ2n) is 9.64. The number of halogens is 1. The Hall–Kier alpha value is -2.26. The molecule has 36 heavy (non-hydrogen) atoms. The van der Waals surface area contributed by atoms with Gasteiger partial charge in [0.15, 0.2) is 15.0 Å². The summed E-state index contributed by atoms with van der Waals surface area (Å²) in [5, 5.41) is 4.31. The van der Waals surface area contributed by atoms with E-state index in [1.165, 1.54) is 21.8 Å². The van der Waals surface area contributed by atoms with Crippen LogP contribution in [0.1, 0.15) is 55.4 Å². The van der Waals surface area contributed by atoms with Gasteiger partial charge < -0.3 is 5.32 Å². The number of amides is 1. The number of aromatic nitrogens is 1. The summed E-state index contributed by atoms with van der Waals surface area (Å²) >= 11 is 7.58. The van der Waals surface area contributed by atoms with Gasteiger partial charge in [-0.1, -0.05) is 56.6 Å². The largest absolute Gasteiger partial charge is 0.302 e. The fraction of sp³-hybridized carbons (Fsp3) is 0.407. The fourth-order valence-corrected chi connectivity index (χ4v) is 6.76. The van der Waals surface area contributed by atoms with E-state index in [0.29, 0.717) is 17.1 Å². The highest BCUT2D eigenvalue weighted by molar-refractivity contribution is 7.91. The molecule has 1 aliphatic rings. The SMILES string of the molecule is CCS(=O)(=O)c1ccc(CC(=O)Nc2nc3c(s2)CN([C@H](C)Cc2ccc(Cl)cc2)C3C(C)C)cc1. The number of anilines is 1. The van der Waals surface area contributed by atoms with Crippen LogP contribution in [0.4, 0.5) is 5.13 Å². The van der Waals surface area contributed by atoms with Gasteiger partial charge in [-0.3, -0.25) is 9.69 Å². The van der Waals surface area contributed by atoms with Crippen molar-refractivity contribution in [3.8, 4) is 0 Å². The van der Waals surface area contributed by atoms with Crippen molar-refractivity contribution in [1.29, 1.82) is 0 Å². The molecule has 1 amide bonds. The average molecular weight is 546 g/mol. The minimum Gasteiger partial charge on any atom is -0.302 e. The Balaban J connectivity index is 1.41. The Morgan fingerprint density at radius 2 is 1.75 bits per heavy atom. The van der Waals surface area contributed by atoms with E-state index in [1.54, 1.807) is 31.2 Å². The standard InChI is InChI=1S/C27H32ClN3O3S2/c1-5-36(33,34)22-12-8-20(9-13-22)15-24(32)29-27-30-25-23(35-27)16-31(26(25)17(2)3)18(4)14-19-6-10-21(28)11-7-19/h6-13,17-18,26H,5,14-16H2,1-4H3,(H,29,30,32)/t18-,26?/m1/s1. The van der Waals surface area contributed by atoms with Crippen molar-refractivity contribution in [3.05, 3.63) is 75.3 Å². The van der Waals surface area contributed by atoms with Crippen molar-refractivity contribution in [2.24, 2.45) is 5.92 Å². The lowest BCUT2D eigenvalue weighted by atomic mass is 9.98. The second kappa shape index (κ2) is 11.0. The van der Waals surface area contributed by atoms with E-state index in [1.807, 2.05) is 12.1 Å². The number of sulfone groups is 1. The molecule has 2 atom stereocenters. The number of hydrogen-bond donors (Lipinski definition) is 1. The van der Waals surface area contributed by atoms with E-state index in [0.717, 1.165) is 29.2 Å². The van der Waals surface area contributed by atoms with Crippen molar-refractivity contribution in [2.75, 3.05) is 11.1 Å². The lowest BCUT2D eigenvalue weighted by Gasteiger charge is -2.33. The first kappa shape index (κ1) is 26.8. The third kappa shape index (κ3) is 5.99. The van der Waals surface area contributed by atoms with Crippen LogP contribution in [-0.4, -0.2) is 36.0 Å². The summed E-state index contributed by atoms with van der Waals surface area (Å²) in [6.07, 6.45) is 1.09. The number of benzene rings is 2. The van der Waals surface area contributed by atoms with Gasteiger partial charge in [0.2, 0.25) is 5.91 Å². The van der Waals surface area contributed by atoms with Gasteiger partial charge in [0, 0.05) is 22.5 Å². The summed E-state index contributed by atoms with van der Waals surface area (Å²) in [4.78, 5) is 21.5. The van der Waals surface area contributed by atoms with E-state index < -0.39 is 9.84 Å². The molecule has 1 aromatic heterocycles. The molecule has 0 spiro atoms. The first-order valence-corrected chi connectivity index (χ1v) is 15.0. The van der Waals surface area contributed by atoms with Crippen LogP contribution in [0.5, 0.6) is 0 Å². The van der Waals surface area contributed by atoms with Crippen LogP contribution in [-0.2, 0) is 34.0 Å². The van der Waals surface area contributed by atoms with E-state index in [4.69, 9.17) is 16.6 Å². The maximum atomic E-state index is 12.7. The molecule has 2 aromatic carbocycles. The summed E-state index contributed by atoms with van der Waals surface area (Å²) < 4.78 is 24.0. The van der Waals surface area contributed by atoms with Crippen molar-refractivity contribution in [2.45, 2.75) is 64.1 Å². The Morgan fingerprint density at radius 1 is 1.11 bits per heavy atom. The maximum absolute atomic E-state index is 12.7. The molecule has 9 heteroatoms. The molecule has 1 N–H and O–H groups in total. The van der Waals surface area contributed by atoms with Crippen molar-refractivity contribution < 1.29 is 13.2 Å². The van der Waals surface area contributed by atoms with Crippen molar-refractivity contribution in [3.63, 3.8) is 0 Å². The number of thiazole rings is 1. The number of nitrogens with zero attached hydrogens (tertiary/aromatic N) is 2. The molecule has 0 aliphatic carbocycles. The Kier molecular flexibility index (Phi) is 8.19. The van der Waals surface area contributed by atoms with Gasteiger partial charge in [-0.15, -0.1) is 11.3 Å². The first-order valence-electron chi connectivity index (χ1n) is 12.2. The smallest absolute Gasteiger partial charge is 0.230 e. The topological polar surface area (TPSA) is 79.4 Å². The highest BCUT2D eigenvalue weighted by atomic mass is 35.5. The average Bonchev–Trinajstić information content (AvgIpc) is 3.38. The lowest BCUT2D eigenvalue weighted by Crippen LogP contribution is -2.35. The summed E-state index contributed by atoms with van der Waals surface area (Å²) in [7, 11) is -3.25. The molecule has 0 fully saturated rings. The van der Waals surface area contributed by atoms with Crippen molar-refractivity contribution in [1.82, 2.24) is 9.88 Å². The number of rotatable bonds is 9. The number of carbonyl (C=O) groups excluding carboxylic acids is 1. The highest BCUT2D eigenvalue weighted by Gasteiger charge is 2.38. The van der Waals surface area contributed by atoms with E-state index in [2.05, 4.69) is 43.1 Å². The van der Waals surface area contributed by atoms with Gasteiger partial charge in [-0.05, 0) is 54.7 Å². The molecule has 192 valence electrons. The third-order valence-electron chi connectivity index (χ3n) is 6.61. The van der Waals surface area contributed by atoms with Gasteiger partial charge in [-0.25, -0.2) is 13.4 Å². The Bertz CT molecular complexity index is 1320. The fourth-order valence-electron chi connectivity index (χ4n) is 4.72. The molecule has 6 nitrogen and oxygen atoms in total. The minimum absolute atomic E-state index is 0.0518. The zero-order valence-corrected chi connectivity index (χ0v) is 23.4. The van der Waals surface area contributed by atoms with Crippen LogP contribution >= 0.6 is 22.9 Å². The van der Waals surface area contributed by atoms with Gasteiger partial charge in [0.1, 0.15) is 0 Å². The zero-order chi connectivity index (χ0) is 26.0. The molecule has 0 saturated carbocycles. The molecule has 1 aliphatic heterocycles. The molecule has 3 aromatic rings. The minimum atomic E-state index is -3.25. The summed E-state index contributed by atoms with van der Waals surface area (Å²) in [5.74, 6) is 0.265.